The number of hydrogen-bond donors (Lipinski definition) is 3. The van der Waals surface area contributed by atoms with Crippen molar-refractivity contribution in [1.82, 2.24) is 15.3 Å². The Hall–Kier alpha value is -3.85. The number of aliphatic hydroxyl groups is 1. The Kier molecular flexibility index (Phi) is 6.83. The topological polar surface area (TPSA) is 115 Å². The number of ether oxygens (including phenoxy) is 3. The maximum Gasteiger partial charge on any atom is 0.408 e. The summed E-state index contributed by atoms with van der Waals surface area (Å²) in [5.74, 6) is 1.65. The molecule has 1 aliphatic rings. The quantitative estimate of drug-likeness (QED) is 0.480. The molecule has 9 heteroatoms. The summed E-state index contributed by atoms with van der Waals surface area (Å²) in [6.45, 7) is 5.63. The lowest BCUT2D eigenvalue weighted by molar-refractivity contribution is 0.0480. The molecule has 2 aromatic carbocycles. The highest BCUT2D eigenvalue weighted by molar-refractivity contribution is 5.69. The lowest BCUT2D eigenvalue weighted by atomic mass is 10.1. The summed E-state index contributed by atoms with van der Waals surface area (Å²) in [5, 5.41) is 15.9. The minimum Gasteiger partial charge on any atom is -0.454 e. The SMILES string of the molecule is CC(C)(C)OC(=O)N[C@H](CO)c1cc(-c2ccc3c(c2)OCO3)nc(NCc2ccccc2)n1. The van der Waals surface area contributed by atoms with E-state index in [1.807, 2.05) is 48.5 Å². The third kappa shape index (κ3) is 5.93. The first-order valence-corrected chi connectivity index (χ1v) is 11.0. The van der Waals surface area contributed by atoms with Gasteiger partial charge in [0, 0.05) is 12.1 Å². The molecule has 9 nitrogen and oxygen atoms in total. The van der Waals surface area contributed by atoms with E-state index in [4.69, 9.17) is 14.2 Å². The Balaban J connectivity index is 1.65. The molecule has 178 valence electrons. The minimum absolute atomic E-state index is 0.171. The van der Waals surface area contributed by atoms with Crippen LogP contribution in [0.25, 0.3) is 11.3 Å². The number of alkyl carbamates (subject to hydrolysis) is 1. The summed E-state index contributed by atoms with van der Waals surface area (Å²) in [6.07, 6.45) is -0.645. The lowest BCUT2D eigenvalue weighted by Gasteiger charge is -2.23. The van der Waals surface area contributed by atoms with Crippen LogP contribution in [0.5, 0.6) is 11.5 Å². The number of carbonyl (C=O) groups excluding carboxylic acids is 1. The van der Waals surface area contributed by atoms with Crippen molar-refractivity contribution < 1.29 is 24.1 Å². The first-order valence-electron chi connectivity index (χ1n) is 11.0. The van der Waals surface area contributed by atoms with E-state index in [-0.39, 0.29) is 13.4 Å². The molecule has 3 aromatic rings. The molecule has 2 heterocycles. The van der Waals surface area contributed by atoms with Crippen LogP contribution < -0.4 is 20.1 Å². The largest absolute Gasteiger partial charge is 0.454 e. The summed E-state index contributed by atoms with van der Waals surface area (Å²) in [4.78, 5) is 21.6. The fourth-order valence-corrected chi connectivity index (χ4v) is 3.37. The monoisotopic (exact) mass is 464 g/mol. The first kappa shape index (κ1) is 23.3. The molecule has 34 heavy (non-hydrogen) atoms. The van der Waals surface area contributed by atoms with Crippen molar-refractivity contribution in [3.8, 4) is 22.8 Å². The Bertz CT molecular complexity index is 1150. The van der Waals surface area contributed by atoms with E-state index in [1.54, 1.807) is 26.8 Å². The molecule has 1 aliphatic heterocycles. The summed E-state index contributed by atoms with van der Waals surface area (Å²) in [7, 11) is 0. The van der Waals surface area contributed by atoms with Crippen LogP contribution in [-0.4, -0.2) is 40.2 Å². The van der Waals surface area contributed by atoms with Crippen molar-refractivity contribution in [2.75, 3.05) is 18.7 Å². The minimum atomic E-state index is -0.789. The van der Waals surface area contributed by atoms with E-state index in [0.717, 1.165) is 11.1 Å². The second-order valence-corrected chi connectivity index (χ2v) is 8.79. The zero-order valence-electron chi connectivity index (χ0n) is 19.4. The average molecular weight is 465 g/mol. The maximum absolute atomic E-state index is 12.3. The first-order chi connectivity index (χ1) is 16.3. The molecular formula is C25H28N4O5. The van der Waals surface area contributed by atoms with E-state index in [1.165, 1.54) is 0 Å². The van der Waals surface area contributed by atoms with E-state index < -0.39 is 17.7 Å². The average Bonchev–Trinajstić information content (AvgIpc) is 3.28. The summed E-state index contributed by atoms with van der Waals surface area (Å²) < 4.78 is 16.2. The molecule has 3 N–H and O–H groups in total. The second kappa shape index (κ2) is 9.96. The highest BCUT2D eigenvalue weighted by atomic mass is 16.7. The van der Waals surface area contributed by atoms with Crippen molar-refractivity contribution in [2.24, 2.45) is 0 Å². The number of anilines is 1. The van der Waals surface area contributed by atoms with Crippen molar-refractivity contribution in [1.29, 1.82) is 0 Å². The molecular weight excluding hydrogens is 436 g/mol. The molecule has 0 saturated carbocycles. The van der Waals surface area contributed by atoms with Gasteiger partial charge in [-0.25, -0.2) is 14.8 Å². The van der Waals surface area contributed by atoms with Crippen molar-refractivity contribution >= 4 is 12.0 Å². The van der Waals surface area contributed by atoms with Crippen LogP contribution in [0.3, 0.4) is 0 Å². The fraction of sp³-hybridized carbons (Fsp3) is 0.320. The van der Waals surface area contributed by atoms with Crippen LogP contribution in [0.15, 0.2) is 54.6 Å². The zero-order chi connectivity index (χ0) is 24.1. The molecule has 0 spiro atoms. The highest BCUT2D eigenvalue weighted by Crippen LogP contribution is 2.36. The van der Waals surface area contributed by atoms with Crippen molar-refractivity contribution in [2.45, 2.75) is 39.0 Å². The Morgan fingerprint density at radius 1 is 1.09 bits per heavy atom. The van der Waals surface area contributed by atoms with E-state index in [2.05, 4.69) is 20.6 Å². The fourth-order valence-electron chi connectivity index (χ4n) is 3.37. The van der Waals surface area contributed by atoms with Crippen LogP contribution in [0.2, 0.25) is 0 Å². The van der Waals surface area contributed by atoms with E-state index in [0.29, 0.717) is 35.4 Å². The highest BCUT2D eigenvalue weighted by Gasteiger charge is 2.23. The van der Waals surface area contributed by atoms with Gasteiger partial charge in [-0.1, -0.05) is 30.3 Å². The van der Waals surface area contributed by atoms with E-state index in [9.17, 15) is 9.90 Å². The van der Waals surface area contributed by atoms with Crippen molar-refractivity contribution in [3.05, 3.63) is 65.9 Å². The molecule has 4 rings (SSSR count). The number of carbonyl (C=O) groups is 1. The van der Waals surface area contributed by atoms with Gasteiger partial charge < -0.3 is 30.0 Å². The zero-order valence-corrected chi connectivity index (χ0v) is 19.4. The number of hydrogen-bond acceptors (Lipinski definition) is 8. The predicted octanol–water partition coefficient (Wildman–Crippen LogP) is 4.04. The van der Waals surface area contributed by atoms with Gasteiger partial charge in [-0.2, -0.15) is 0 Å². The summed E-state index contributed by atoms with van der Waals surface area (Å²) >= 11 is 0. The summed E-state index contributed by atoms with van der Waals surface area (Å²) in [6, 6.07) is 16.3. The van der Waals surface area contributed by atoms with Crippen LogP contribution in [-0.2, 0) is 11.3 Å². The number of benzene rings is 2. The smallest absolute Gasteiger partial charge is 0.408 e. The third-order valence-electron chi connectivity index (χ3n) is 4.94. The maximum atomic E-state index is 12.3. The molecule has 0 aliphatic carbocycles. The molecule has 1 atom stereocenters. The molecule has 0 bridgehead atoms. The van der Waals surface area contributed by atoms with Gasteiger partial charge in [0.1, 0.15) is 5.60 Å². The Labute approximate surface area is 198 Å². The van der Waals surface area contributed by atoms with Gasteiger partial charge in [0.15, 0.2) is 11.5 Å². The van der Waals surface area contributed by atoms with Crippen molar-refractivity contribution in [3.63, 3.8) is 0 Å². The molecule has 0 unspecified atom stereocenters. The van der Waals surface area contributed by atoms with Gasteiger partial charge in [-0.05, 0) is 50.6 Å². The Morgan fingerprint density at radius 2 is 1.85 bits per heavy atom. The summed E-state index contributed by atoms with van der Waals surface area (Å²) in [5.41, 5.74) is 2.21. The van der Waals surface area contributed by atoms with Gasteiger partial charge in [0.05, 0.1) is 24.0 Å². The molecule has 0 saturated heterocycles. The van der Waals surface area contributed by atoms with Crippen LogP contribution in [0.4, 0.5) is 10.7 Å². The number of aromatic nitrogens is 2. The molecule has 0 radical (unpaired) electrons. The van der Waals surface area contributed by atoms with Gasteiger partial charge >= 0.3 is 6.09 Å². The number of amides is 1. The molecule has 0 fully saturated rings. The van der Waals surface area contributed by atoms with Crippen LogP contribution in [0.1, 0.15) is 38.1 Å². The second-order valence-electron chi connectivity index (χ2n) is 8.79. The van der Waals surface area contributed by atoms with E-state index >= 15 is 0 Å². The molecule has 1 amide bonds. The number of rotatable bonds is 7. The Morgan fingerprint density at radius 3 is 2.59 bits per heavy atom. The number of nitrogens with zero attached hydrogens (tertiary/aromatic N) is 2. The molecule has 1 aromatic heterocycles. The standard InChI is InChI=1S/C25H28N4O5/c1-25(2,3)34-24(31)29-20(14-30)19-12-18(17-9-10-21-22(11-17)33-15-32-21)27-23(28-19)26-13-16-7-5-4-6-8-16/h4-12,20,30H,13-15H2,1-3H3,(H,29,31)(H,26,27,28)/t20-/m1/s1. The van der Waals surface area contributed by atoms with Crippen LogP contribution >= 0.6 is 0 Å². The normalized spacial score (nSPS) is 13.3. The van der Waals surface area contributed by atoms with Gasteiger partial charge in [0.2, 0.25) is 12.7 Å². The number of aliphatic hydroxyl groups excluding tert-OH is 1. The predicted molar refractivity (Wildman–Crippen MR) is 127 cm³/mol. The third-order valence-corrected chi connectivity index (χ3v) is 4.94. The number of nitrogens with one attached hydrogen (secondary N) is 2. The lowest BCUT2D eigenvalue weighted by Crippen LogP contribution is -2.36. The van der Waals surface area contributed by atoms with Gasteiger partial charge in [-0.3, -0.25) is 0 Å². The van der Waals surface area contributed by atoms with Gasteiger partial charge in [0.25, 0.3) is 0 Å². The number of fused-ring (bicyclic) bond motifs is 1. The van der Waals surface area contributed by atoms with Crippen LogP contribution in [0, 0.1) is 0 Å². The van der Waals surface area contributed by atoms with Gasteiger partial charge in [-0.15, -0.1) is 0 Å².